The molecule has 198 valence electrons. The molecule has 4 unspecified atom stereocenters. The van der Waals surface area contributed by atoms with Crippen molar-refractivity contribution in [3.63, 3.8) is 0 Å². The zero-order valence-corrected chi connectivity index (χ0v) is 22.4. The summed E-state index contributed by atoms with van der Waals surface area (Å²) >= 11 is 0. The second kappa shape index (κ2) is 23.3. The summed E-state index contributed by atoms with van der Waals surface area (Å²) in [6, 6.07) is 0. The van der Waals surface area contributed by atoms with Gasteiger partial charge in [-0.05, 0) is 92.0 Å². The molecule has 0 heterocycles. The third-order valence-corrected chi connectivity index (χ3v) is 5.92. The highest BCUT2D eigenvalue weighted by atomic mass is 16.7. The van der Waals surface area contributed by atoms with Crippen molar-refractivity contribution in [3.8, 4) is 0 Å². The minimum atomic E-state index is -0.379. The van der Waals surface area contributed by atoms with Crippen LogP contribution in [0, 0.1) is 0 Å². The molecule has 0 aliphatic heterocycles. The van der Waals surface area contributed by atoms with Crippen molar-refractivity contribution in [2.24, 2.45) is 5.73 Å². The van der Waals surface area contributed by atoms with Crippen LogP contribution in [0.4, 0.5) is 0 Å². The minimum absolute atomic E-state index is 0.0447. The van der Waals surface area contributed by atoms with E-state index in [0.29, 0.717) is 12.8 Å². The maximum absolute atomic E-state index is 9.60. The van der Waals surface area contributed by atoms with Crippen LogP contribution in [0.1, 0.15) is 130 Å². The van der Waals surface area contributed by atoms with Gasteiger partial charge in [-0.2, -0.15) is 0 Å². The third-order valence-electron chi connectivity index (χ3n) is 5.92. The Kier molecular flexibility index (Phi) is 23.0. The molecular weight excluding hydrogens is 414 g/mol. The molecule has 0 saturated carbocycles. The van der Waals surface area contributed by atoms with Gasteiger partial charge in [0.25, 0.3) is 0 Å². The topological polar surface area (TPSA) is 84.9 Å². The predicted octanol–water partition coefficient (Wildman–Crippen LogP) is 6.64. The van der Waals surface area contributed by atoms with Gasteiger partial charge in [0, 0.05) is 0 Å². The SMILES string of the molecule is CC(O)CC(C)OC(CCCCCCCC=CCCCCCCCCN)OC(C)CC(C)O. The van der Waals surface area contributed by atoms with Crippen LogP contribution in [0.5, 0.6) is 0 Å². The van der Waals surface area contributed by atoms with Gasteiger partial charge in [-0.1, -0.05) is 57.1 Å². The van der Waals surface area contributed by atoms with Crippen LogP contribution in [0.15, 0.2) is 12.2 Å². The van der Waals surface area contributed by atoms with Crippen LogP contribution in [0.2, 0.25) is 0 Å². The van der Waals surface area contributed by atoms with Gasteiger partial charge in [-0.25, -0.2) is 0 Å². The lowest BCUT2D eigenvalue weighted by atomic mass is 10.1. The van der Waals surface area contributed by atoms with E-state index < -0.39 is 0 Å². The highest BCUT2D eigenvalue weighted by Crippen LogP contribution is 2.18. The molecular formula is C28H57NO4. The Hall–Kier alpha value is -0.460. The number of nitrogens with two attached hydrogens (primary N) is 1. The molecule has 0 aliphatic carbocycles. The van der Waals surface area contributed by atoms with E-state index in [1.165, 1.54) is 77.0 Å². The van der Waals surface area contributed by atoms with Gasteiger partial charge in [0.15, 0.2) is 6.29 Å². The number of unbranched alkanes of at least 4 members (excludes halogenated alkanes) is 11. The molecule has 5 heteroatoms. The first-order valence-electron chi connectivity index (χ1n) is 13.9. The molecule has 4 atom stereocenters. The van der Waals surface area contributed by atoms with Gasteiger partial charge in [0.1, 0.15) is 0 Å². The summed E-state index contributed by atoms with van der Waals surface area (Å²) in [4.78, 5) is 0. The van der Waals surface area contributed by atoms with Crippen molar-refractivity contribution in [2.45, 2.75) is 161 Å². The van der Waals surface area contributed by atoms with E-state index in [9.17, 15) is 10.2 Å². The Labute approximate surface area is 205 Å². The number of allylic oxidation sites excluding steroid dienone is 2. The molecule has 0 aliphatic rings. The second-order valence-electron chi connectivity index (χ2n) is 10.0. The minimum Gasteiger partial charge on any atom is -0.393 e. The lowest BCUT2D eigenvalue weighted by Gasteiger charge is -2.27. The quantitative estimate of drug-likeness (QED) is 0.0834. The van der Waals surface area contributed by atoms with Gasteiger partial charge < -0.3 is 25.4 Å². The maximum atomic E-state index is 9.60. The zero-order valence-electron chi connectivity index (χ0n) is 22.4. The molecule has 0 fully saturated rings. The summed E-state index contributed by atoms with van der Waals surface area (Å²) in [6.07, 6.45) is 22.0. The summed E-state index contributed by atoms with van der Waals surface area (Å²) < 4.78 is 12.1. The van der Waals surface area contributed by atoms with E-state index in [1.807, 2.05) is 13.8 Å². The molecule has 0 amide bonds. The average molecular weight is 472 g/mol. The van der Waals surface area contributed by atoms with Crippen molar-refractivity contribution in [1.29, 1.82) is 0 Å². The highest BCUT2D eigenvalue weighted by Gasteiger charge is 2.19. The summed E-state index contributed by atoms with van der Waals surface area (Å²) in [5, 5.41) is 19.2. The lowest BCUT2D eigenvalue weighted by Crippen LogP contribution is -2.29. The highest BCUT2D eigenvalue weighted by molar-refractivity contribution is 4.81. The van der Waals surface area contributed by atoms with Crippen molar-refractivity contribution in [2.75, 3.05) is 6.54 Å². The molecule has 0 spiro atoms. The second-order valence-corrected chi connectivity index (χ2v) is 10.0. The van der Waals surface area contributed by atoms with E-state index in [-0.39, 0.29) is 30.7 Å². The average Bonchev–Trinajstić information content (AvgIpc) is 2.72. The molecule has 33 heavy (non-hydrogen) atoms. The number of aliphatic hydroxyl groups excluding tert-OH is 2. The summed E-state index contributed by atoms with van der Waals surface area (Å²) in [5.41, 5.74) is 5.52. The van der Waals surface area contributed by atoms with Gasteiger partial charge in [0.05, 0.1) is 24.4 Å². The first-order chi connectivity index (χ1) is 15.8. The van der Waals surface area contributed by atoms with Crippen molar-refractivity contribution >= 4 is 0 Å². The molecule has 0 aromatic rings. The Balaban J connectivity index is 3.84. The van der Waals surface area contributed by atoms with Crippen LogP contribution in [-0.4, -0.2) is 47.5 Å². The number of rotatable bonds is 24. The van der Waals surface area contributed by atoms with Gasteiger partial charge >= 0.3 is 0 Å². The Morgan fingerprint density at radius 3 is 1.42 bits per heavy atom. The smallest absolute Gasteiger partial charge is 0.158 e. The predicted molar refractivity (Wildman–Crippen MR) is 140 cm³/mol. The van der Waals surface area contributed by atoms with Crippen LogP contribution in [0.3, 0.4) is 0 Å². The van der Waals surface area contributed by atoms with E-state index >= 15 is 0 Å². The van der Waals surface area contributed by atoms with Crippen molar-refractivity contribution in [3.05, 3.63) is 12.2 Å². The molecule has 0 saturated heterocycles. The van der Waals surface area contributed by atoms with E-state index in [4.69, 9.17) is 15.2 Å². The number of ether oxygens (including phenoxy) is 2. The first-order valence-corrected chi connectivity index (χ1v) is 13.9. The Bertz CT molecular complexity index is 410. The largest absolute Gasteiger partial charge is 0.393 e. The summed E-state index contributed by atoms with van der Waals surface area (Å²) in [7, 11) is 0. The van der Waals surface area contributed by atoms with Crippen LogP contribution in [0.25, 0.3) is 0 Å². The monoisotopic (exact) mass is 471 g/mol. The molecule has 0 radical (unpaired) electrons. The lowest BCUT2D eigenvalue weighted by molar-refractivity contribution is -0.198. The molecule has 0 bridgehead atoms. The van der Waals surface area contributed by atoms with Crippen molar-refractivity contribution < 1.29 is 19.7 Å². The maximum Gasteiger partial charge on any atom is 0.158 e. The molecule has 0 rings (SSSR count). The van der Waals surface area contributed by atoms with Crippen LogP contribution < -0.4 is 5.73 Å². The molecule has 4 N–H and O–H groups in total. The number of hydrogen-bond acceptors (Lipinski definition) is 5. The molecule has 5 nitrogen and oxygen atoms in total. The molecule has 0 aromatic heterocycles. The van der Waals surface area contributed by atoms with E-state index in [0.717, 1.165) is 19.4 Å². The normalized spacial score (nSPS) is 16.7. The fourth-order valence-corrected chi connectivity index (χ4v) is 4.21. The fraction of sp³-hybridized carbons (Fsp3) is 0.929. The third kappa shape index (κ3) is 24.5. The number of aliphatic hydroxyl groups is 2. The zero-order chi connectivity index (χ0) is 24.7. The Morgan fingerprint density at radius 1 is 0.606 bits per heavy atom. The molecule has 0 aromatic carbocycles. The Morgan fingerprint density at radius 2 is 1.00 bits per heavy atom. The standard InChI is InChI=1S/C28H57NO4/c1-24(30)22-26(3)32-28(33-27(4)23-25(2)31)20-18-16-14-12-10-8-6-5-7-9-11-13-15-17-19-21-29/h5-6,24-28,30-31H,7-23,29H2,1-4H3. The number of hydrogen-bond donors (Lipinski definition) is 3. The van der Waals surface area contributed by atoms with Gasteiger partial charge in [0.2, 0.25) is 0 Å². The van der Waals surface area contributed by atoms with Crippen molar-refractivity contribution in [1.82, 2.24) is 0 Å². The fourth-order valence-electron chi connectivity index (χ4n) is 4.21. The first kappa shape index (κ1) is 32.5. The summed E-state index contributed by atoms with van der Waals surface area (Å²) in [5.74, 6) is 0. The van der Waals surface area contributed by atoms with Crippen LogP contribution >= 0.6 is 0 Å². The van der Waals surface area contributed by atoms with Crippen LogP contribution in [-0.2, 0) is 9.47 Å². The summed E-state index contributed by atoms with van der Waals surface area (Å²) in [6.45, 7) is 8.37. The van der Waals surface area contributed by atoms with Gasteiger partial charge in [-0.15, -0.1) is 0 Å². The van der Waals surface area contributed by atoms with E-state index in [1.54, 1.807) is 13.8 Å². The van der Waals surface area contributed by atoms with Gasteiger partial charge in [-0.3, -0.25) is 0 Å². The van der Waals surface area contributed by atoms with E-state index in [2.05, 4.69) is 12.2 Å².